The van der Waals surface area contributed by atoms with E-state index in [1.54, 1.807) is 0 Å². The van der Waals surface area contributed by atoms with E-state index in [4.69, 9.17) is 4.80 Å². The SMILES string of the molecule is O[Si]12CC1C2CC(F)(F)F. The van der Waals surface area contributed by atoms with Crippen LogP contribution in [-0.4, -0.2) is 19.3 Å². The summed E-state index contributed by atoms with van der Waals surface area (Å²) in [5, 5.41) is 0. The molecule has 2 saturated heterocycles. The van der Waals surface area contributed by atoms with Crippen LogP contribution in [0.15, 0.2) is 0 Å². The molecule has 0 aromatic rings. The average Bonchev–Trinajstić information content (AvgIpc) is 2.48. The summed E-state index contributed by atoms with van der Waals surface area (Å²) in [4.78, 5) is 9.17. The van der Waals surface area contributed by atoms with Crippen LogP contribution >= 0.6 is 0 Å². The summed E-state index contributed by atoms with van der Waals surface area (Å²) in [6, 6.07) is 0.730. The quantitative estimate of drug-likeness (QED) is 0.590. The average molecular weight is 168 g/mol. The molecule has 10 heavy (non-hydrogen) atoms. The van der Waals surface area contributed by atoms with E-state index in [0.717, 1.165) is 6.04 Å². The van der Waals surface area contributed by atoms with E-state index in [1.165, 1.54) is 0 Å². The van der Waals surface area contributed by atoms with Crippen molar-refractivity contribution in [2.75, 3.05) is 0 Å². The van der Waals surface area contributed by atoms with E-state index in [1.807, 2.05) is 0 Å². The predicted molar refractivity (Wildman–Crippen MR) is 31.0 cm³/mol. The molecule has 2 fully saturated rings. The van der Waals surface area contributed by atoms with Gasteiger partial charge in [0.1, 0.15) is 0 Å². The highest BCUT2D eigenvalue weighted by Crippen LogP contribution is 2.81. The van der Waals surface area contributed by atoms with Crippen LogP contribution in [0.5, 0.6) is 0 Å². The monoisotopic (exact) mass is 168 g/mol. The topological polar surface area (TPSA) is 20.2 Å². The van der Waals surface area contributed by atoms with Crippen LogP contribution in [0.25, 0.3) is 0 Å². The van der Waals surface area contributed by atoms with E-state index >= 15 is 0 Å². The van der Waals surface area contributed by atoms with Gasteiger partial charge in [-0.2, -0.15) is 13.2 Å². The molecule has 2 aliphatic rings. The second-order valence-corrected chi connectivity index (χ2v) is 7.10. The van der Waals surface area contributed by atoms with Gasteiger partial charge in [0, 0.05) is 6.42 Å². The zero-order valence-electron chi connectivity index (χ0n) is 5.15. The third kappa shape index (κ3) is 0.801. The Labute approximate surface area is 57.0 Å². The number of hydrogen-bond donors (Lipinski definition) is 1. The highest BCUT2D eigenvalue weighted by atomic mass is 28.4. The second kappa shape index (κ2) is 1.43. The number of hydrogen-bond acceptors (Lipinski definition) is 1. The summed E-state index contributed by atoms with van der Waals surface area (Å²) >= 11 is 0. The van der Waals surface area contributed by atoms with E-state index in [0.29, 0.717) is 0 Å². The number of fused-ring (bicyclic) bond motifs is 1. The minimum absolute atomic E-state index is 0.120. The molecular formula is C5H7F3OSi. The Kier molecular flexibility index (Phi) is 0.951. The van der Waals surface area contributed by atoms with Crippen molar-refractivity contribution in [1.29, 1.82) is 0 Å². The largest absolute Gasteiger partial charge is 0.431 e. The van der Waals surface area contributed by atoms with Crippen molar-refractivity contribution in [3.63, 3.8) is 0 Å². The van der Waals surface area contributed by atoms with Gasteiger partial charge >= 0.3 is 6.18 Å². The van der Waals surface area contributed by atoms with Gasteiger partial charge in [-0.25, -0.2) is 0 Å². The summed E-state index contributed by atoms with van der Waals surface area (Å²) in [5.74, 6) is 0. The molecule has 0 aliphatic carbocycles. The smallest absolute Gasteiger partial charge is 0.389 e. The van der Waals surface area contributed by atoms with Crippen LogP contribution < -0.4 is 0 Å². The van der Waals surface area contributed by atoms with Gasteiger partial charge in [0.25, 0.3) is 0 Å². The van der Waals surface area contributed by atoms with Crippen LogP contribution in [0, 0.1) is 0 Å². The molecule has 2 aliphatic heterocycles. The lowest BCUT2D eigenvalue weighted by atomic mass is 10.2. The highest BCUT2D eigenvalue weighted by Gasteiger charge is 2.82. The van der Waals surface area contributed by atoms with Gasteiger partial charge in [-0.3, -0.25) is 0 Å². The molecule has 0 bridgehead atoms. The van der Waals surface area contributed by atoms with Gasteiger partial charge in [0.2, 0.25) is 0 Å². The fraction of sp³-hybridized carbons (Fsp3) is 1.00. The van der Waals surface area contributed by atoms with E-state index in [2.05, 4.69) is 0 Å². The minimum Gasteiger partial charge on any atom is -0.431 e. The molecule has 0 saturated carbocycles. The molecule has 0 aromatic carbocycles. The Morgan fingerprint density at radius 3 is 2.10 bits per heavy atom. The Balaban J connectivity index is 1.85. The standard InChI is InChI=1S/C5H7F3OSi/c6-5(7,8)1-3-4-2-10(3,4)9/h3-4,9H,1-2H2. The minimum atomic E-state index is -4.05. The fourth-order valence-electron chi connectivity index (χ4n) is 1.58. The maximum atomic E-state index is 11.6. The summed E-state index contributed by atoms with van der Waals surface area (Å²) in [6.45, 7) is 0. The van der Waals surface area contributed by atoms with Crippen molar-refractivity contribution >= 4 is 8.32 Å². The molecular weight excluding hydrogens is 161 g/mol. The Bertz CT molecular complexity index is 180. The first-order valence-electron chi connectivity index (χ1n) is 3.22. The number of rotatable bonds is 1. The lowest BCUT2D eigenvalue weighted by Gasteiger charge is -2.08. The first-order valence-corrected chi connectivity index (χ1v) is 5.53. The van der Waals surface area contributed by atoms with Crippen molar-refractivity contribution in [3.05, 3.63) is 0 Å². The lowest BCUT2D eigenvalue weighted by Crippen LogP contribution is -2.14. The van der Waals surface area contributed by atoms with E-state index in [-0.39, 0.29) is 11.1 Å². The number of alkyl halides is 3. The van der Waals surface area contributed by atoms with Crippen LogP contribution in [0.2, 0.25) is 17.1 Å². The van der Waals surface area contributed by atoms with Gasteiger partial charge in [0.05, 0.1) is 0 Å². The molecule has 5 heteroatoms. The Hall–Kier alpha value is -0.0331. The maximum absolute atomic E-state index is 11.6. The van der Waals surface area contributed by atoms with Crippen molar-refractivity contribution in [2.45, 2.75) is 29.7 Å². The predicted octanol–water partition coefficient (Wildman–Crippen LogP) is 1.64. The molecule has 3 unspecified atom stereocenters. The van der Waals surface area contributed by atoms with E-state index in [9.17, 15) is 13.2 Å². The zero-order valence-corrected chi connectivity index (χ0v) is 6.15. The lowest BCUT2D eigenvalue weighted by molar-refractivity contribution is -0.134. The normalized spacial score (nSPS) is 50.4. The van der Waals surface area contributed by atoms with Gasteiger partial charge in [-0.15, -0.1) is 0 Å². The third-order valence-electron chi connectivity index (χ3n) is 2.50. The molecule has 0 aromatic heterocycles. The first-order chi connectivity index (χ1) is 4.43. The first kappa shape index (κ1) is 6.66. The molecule has 1 nitrogen and oxygen atoms in total. The van der Waals surface area contributed by atoms with Crippen molar-refractivity contribution < 1.29 is 18.0 Å². The Morgan fingerprint density at radius 1 is 1.50 bits per heavy atom. The molecule has 0 radical (unpaired) electrons. The summed E-state index contributed by atoms with van der Waals surface area (Å²) in [7, 11) is -2.15. The van der Waals surface area contributed by atoms with Crippen LogP contribution in [0.4, 0.5) is 13.2 Å². The number of halogens is 3. The fourth-order valence-corrected chi connectivity index (χ4v) is 5.52. The molecule has 0 amide bonds. The zero-order chi connectivity index (χ0) is 7.57. The molecule has 1 N–H and O–H groups in total. The Morgan fingerprint density at radius 2 is 2.00 bits per heavy atom. The van der Waals surface area contributed by atoms with Gasteiger partial charge in [-0.1, -0.05) is 0 Å². The molecule has 2 rings (SSSR count). The van der Waals surface area contributed by atoms with Crippen molar-refractivity contribution in [1.82, 2.24) is 0 Å². The molecule has 3 atom stereocenters. The second-order valence-electron chi connectivity index (χ2n) is 3.23. The summed E-state index contributed by atoms with van der Waals surface area (Å²) in [5.41, 5.74) is -0.207. The van der Waals surface area contributed by atoms with Crippen LogP contribution in [0.1, 0.15) is 6.42 Å². The van der Waals surface area contributed by atoms with Gasteiger partial charge in [-0.05, 0) is 17.1 Å². The van der Waals surface area contributed by atoms with Gasteiger partial charge in [0.15, 0.2) is 8.32 Å². The van der Waals surface area contributed by atoms with Crippen LogP contribution in [0.3, 0.4) is 0 Å². The van der Waals surface area contributed by atoms with Crippen molar-refractivity contribution in [2.24, 2.45) is 0 Å². The highest BCUT2D eigenvalue weighted by molar-refractivity contribution is 6.98. The molecule has 2 heterocycles. The van der Waals surface area contributed by atoms with E-state index < -0.39 is 20.9 Å². The third-order valence-corrected chi connectivity index (χ3v) is 6.46. The maximum Gasteiger partial charge on any atom is 0.389 e. The molecule has 58 valence electrons. The van der Waals surface area contributed by atoms with Crippen molar-refractivity contribution in [3.8, 4) is 0 Å². The molecule has 0 spiro atoms. The van der Waals surface area contributed by atoms with Crippen LogP contribution in [-0.2, 0) is 0 Å². The summed E-state index contributed by atoms with van der Waals surface area (Å²) in [6.07, 6.45) is -4.79. The van der Waals surface area contributed by atoms with Gasteiger partial charge < -0.3 is 4.80 Å². The summed E-state index contributed by atoms with van der Waals surface area (Å²) < 4.78 is 34.9.